The smallest absolute Gasteiger partial charge is 0.352 e. The van der Waals surface area contributed by atoms with Gasteiger partial charge in [-0.25, -0.2) is 9.69 Å². The summed E-state index contributed by atoms with van der Waals surface area (Å²) in [5.74, 6) is -0.224. The number of nitrogens with one attached hydrogen (secondary N) is 1. The maximum atomic E-state index is 12.2. The van der Waals surface area contributed by atoms with Gasteiger partial charge in [0.05, 0.1) is 7.11 Å². The van der Waals surface area contributed by atoms with E-state index in [9.17, 15) is 14.7 Å². The fourth-order valence-electron chi connectivity index (χ4n) is 2.19. The summed E-state index contributed by atoms with van der Waals surface area (Å²) in [5.41, 5.74) is -0.270. The molecule has 9 heteroatoms. The minimum absolute atomic E-state index is 0.126. The number of carbonyl (C=O) groups is 2. The van der Waals surface area contributed by atoms with E-state index in [0.29, 0.717) is 0 Å². The molecule has 1 aromatic heterocycles. The average Bonchev–Trinajstić information content (AvgIpc) is 2.67. The highest BCUT2D eigenvalue weighted by atomic mass is 16.7. The molecule has 1 aromatic rings. The molecular weight excluding hydrogens is 302 g/mol. The molecule has 0 saturated carbocycles. The number of aliphatic hydroxyl groups is 1. The quantitative estimate of drug-likeness (QED) is 0.839. The largest absolute Gasteiger partial charge is 0.371 e. The van der Waals surface area contributed by atoms with Gasteiger partial charge in [-0.15, -0.1) is 10.2 Å². The van der Waals surface area contributed by atoms with E-state index in [-0.39, 0.29) is 17.4 Å². The molecule has 2 heterocycles. The highest BCUT2D eigenvalue weighted by Gasteiger charge is 2.45. The van der Waals surface area contributed by atoms with Gasteiger partial charge in [0.15, 0.2) is 17.7 Å². The number of aromatic nitrogens is 2. The van der Waals surface area contributed by atoms with E-state index in [1.807, 2.05) is 20.8 Å². The molecule has 2 rings (SSSR count). The Balaban J connectivity index is 2.20. The van der Waals surface area contributed by atoms with Crippen LogP contribution in [0.2, 0.25) is 0 Å². The van der Waals surface area contributed by atoms with Gasteiger partial charge in [0, 0.05) is 5.54 Å². The number of rotatable bonds is 3. The molecule has 3 amide bonds. The lowest BCUT2D eigenvalue weighted by molar-refractivity contribution is -0.111. The normalized spacial score (nSPS) is 21.7. The molecule has 1 aliphatic heterocycles. The third-order valence-corrected chi connectivity index (χ3v) is 3.28. The van der Waals surface area contributed by atoms with Crippen LogP contribution in [-0.4, -0.2) is 57.2 Å². The van der Waals surface area contributed by atoms with Gasteiger partial charge in [-0.2, -0.15) is 5.06 Å². The first-order valence-corrected chi connectivity index (χ1v) is 7.16. The third-order valence-electron chi connectivity index (χ3n) is 3.28. The lowest BCUT2D eigenvalue weighted by atomic mass is 10.1. The molecule has 0 spiro atoms. The van der Waals surface area contributed by atoms with Crippen LogP contribution in [0.3, 0.4) is 0 Å². The lowest BCUT2D eigenvalue weighted by Crippen LogP contribution is -2.41. The van der Waals surface area contributed by atoms with Crippen LogP contribution < -0.4 is 10.2 Å². The fourth-order valence-corrected chi connectivity index (χ4v) is 2.19. The van der Waals surface area contributed by atoms with E-state index < -0.39 is 23.8 Å². The number of anilines is 1. The Kier molecular flexibility index (Phi) is 4.53. The number of urea groups is 1. The van der Waals surface area contributed by atoms with Crippen LogP contribution in [0.5, 0.6) is 0 Å². The molecule has 1 aliphatic rings. The standard InChI is InChI=1S/C14H21N5O4/c1-8-12(21)18(13(22)19(8)23-5)10-7-6-9(16-17-10)11(20)15-14(2,3)4/h6-8,12,21H,1-5H3,(H,15,20). The van der Waals surface area contributed by atoms with Gasteiger partial charge >= 0.3 is 6.03 Å². The first-order chi connectivity index (χ1) is 10.7. The van der Waals surface area contributed by atoms with Crippen molar-refractivity contribution in [1.82, 2.24) is 20.6 Å². The first kappa shape index (κ1) is 17.1. The van der Waals surface area contributed by atoms with E-state index in [4.69, 9.17) is 4.84 Å². The van der Waals surface area contributed by atoms with Crippen LogP contribution in [-0.2, 0) is 4.84 Å². The number of carbonyl (C=O) groups excluding carboxylic acids is 2. The SMILES string of the molecule is CON1C(=O)N(c2ccc(C(=O)NC(C)(C)C)nn2)C(O)C1C. The van der Waals surface area contributed by atoms with Crippen LogP contribution in [0.4, 0.5) is 10.6 Å². The average molecular weight is 323 g/mol. The monoisotopic (exact) mass is 323 g/mol. The van der Waals surface area contributed by atoms with Gasteiger partial charge in [0.1, 0.15) is 6.04 Å². The van der Waals surface area contributed by atoms with Crippen LogP contribution in [0.1, 0.15) is 38.2 Å². The summed E-state index contributed by atoms with van der Waals surface area (Å²) in [4.78, 5) is 30.2. The molecule has 1 saturated heterocycles. The van der Waals surface area contributed by atoms with Crippen LogP contribution in [0, 0.1) is 0 Å². The lowest BCUT2D eigenvalue weighted by Gasteiger charge is -2.20. The molecule has 0 aromatic carbocycles. The van der Waals surface area contributed by atoms with Crippen LogP contribution in [0.15, 0.2) is 12.1 Å². The van der Waals surface area contributed by atoms with Crippen molar-refractivity contribution in [1.29, 1.82) is 0 Å². The predicted octanol–water partition coefficient (Wildman–Crippen LogP) is 0.515. The van der Waals surface area contributed by atoms with Crippen molar-refractivity contribution in [2.45, 2.75) is 45.5 Å². The Bertz CT molecular complexity index is 598. The number of amides is 3. The van der Waals surface area contributed by atoms with Crippen LogP contribution in [0.25, 0.3) is 0 Å². The van der Waals surface area contributed by atoms with Gasteiger partial charge in [-0.1, -0.05) is 0 Å². The molecule has 2 N–H and O–H groups in total. The zero-order valence-electron chi connectivity index (χ0n) is 13.8. The summed E-state index contributed by atoms with van der Waals surface area (Å²) in [6.07, 6.45) is -1.12. The van der Waals surface area contributed by atoms with Crippen molar-refractivity contribution in [2.24, 2.45) is 0 Å². The van der Waals surface area contributed by atoms with Gasteiger partial charge in [0.25, 0.3) is 5.91 Å². The van der Waals surface area contributed by atoms with Gasteiger partial charge in [0.2, 0.25) is 0 Å². The zero-order chi connectivity index (χ0) is 17.4. The molecule has 2 atom stereocenters. The van der Waals surface area contributed by atoms with Crippen molar-refractivity contribution >= 4 is 17.8 Å². The van der Waals surface area contributed by atoms with E-state index in [0.717, 1.165) is 9.96 Å². The summed E-state index contributed by atoms with van der Waals surface area (Å²) >= 11 is 0. The molecule has 0 radical (unpaired) electrons. The molecule has 126 valence electrons. The molecule has 2 unspecified atom stereocenters. The Morgan fingerprint density at radius 2 is 2.00 bits per heavy atom. The molecule has 0 aliphatic carbocycles. The minimum Gasteiger partial charge on any atom is -0.371 e. The highest BCUT2D eigenvalue weighted by molar-refractivity contribution is 5.95. The number of hydroxylamine groups is 2. The summed E-state index contributed by atoms with van der Waals surface area (Å²) < 4.78 is 0. The maximum absolute atomic E-state index is 12.2. The number of aliphatic hydroxyl groups excluding tert-OH is 1. The number of hydrogen-bond donors (Lipinski definition) is 2. The first-order valence-electron chi connectivity index (χ1n) is 7.16. The Hall–Kier alpha value is -2.26. The van der Waals surface area contributed by atoms with Crippen molar-refractivity contribution in [3.05, 3.63) is 17.8 Å². The molecule has 1 fully saturated rings. The van der Waals surface area contributed by atoms with Crippen LogP contribution >= 0.6 is 0 Å². The highest BCUT2D eigenvalue weighted by Crippen LogP contribution is 2.26. The number of hydrogen-bond acceptors (Lipinski definition) is 6. The molecule has 9 nitrogen and oxygen atoms in total. The van der Waals surface area contributed by atoms with E-state index >= 15 is 0 Å². The van der Waals surface area contributed by atoms with E-state index in [1.165, 1.54) is 19.2 Å². The Morgan fingerprint density at radius 1 is 1.35 bits per heavy atom. The predicted molar refractivity (Wildman–Crippen MR) is 81.4 cm³/mol. The van der Waals surface area contributed by atoms with Crippen molar-refractivity contribution < 1.29 is 19.5 Å². The fraction of sp³-hybridized carbons (Fsp3) is 0.571. The summed E-state index contributed by atoms with van der Waals surface area (Å²) in [6.45, 7) is 7.21. The van der Waals surface area contributed by atoms with Gasteiger partial charge in [-0.05, 0) is 39.8 Å². The van der Waals surface area contributed by atoms with Gasteiger partial charge in [-0.3, -0.25) is 9.63 Å². The minimum atomic E-state index is -1.12. The summed E-state index contributed by atoms with van der Waals surface area (Å²) in [6, 6.07) is 1.80. The second-order valence-electron chi connectivity index (χ2n) is 6.30. The summed E-state index contributed by atoms with van der Waals surface area (Å²) in [5, 5.41) is 21.7. The van der Waals surface area contributed by atoms with E-state index in [1.54, 1.807) is 6.92 Å². The topological polar surface area (TPSA) is 108 Å². The van der Waals surface area contributed by atoms with Crippen molar-refractivity contribution in [2.75, 3.05) is 12.0 Å². The zero-order valence-corrected chi connectivity index (χ0v) is 13.8. The van der Waals surface area contributed by atoms with Crippen molar-refractivity contribution in [3.8, 4) is 0 Å². The Labute approximate surface area is 134 Å². The van der Waals surface area contributed by atoms with Crippen molar-refractivity contribution in [3.63, 3.8) is 0 Å². The maximum Gasteiger partial charge on any atom is 0.352 e. The number of nitrogens with zero attached hydrogens (tertiary/aromatic N) is 4. The molecular formula is C14H21N5O4. The van der Waals surface area contributed by atoms with Gasteiger partial charge < -0.3 is 10.4 Å². The Morgan fingerprint density at radius 3 is 2.43 bits per heavy atom. The summed E-state index contributed by atoms with van der Waals surface area (Å²) in [7, 11) is 1.34. The second-order valence-corrected chi connectivity index (χ2v) is 6.30. The second kappa shape index (κ2) is 6.09. The third kappa shape index (κ3) is 3.40. The molecule has 23 heavy (non-hydrogen) atoms. The van der Waals surface area contributed by atoms with E-state index in [2.05, 4.69) is 15.5 Å². The molecule has 0 bridgehead atoms.